The highest BCUT2D eigenvalue weighted by Crippen LogP contribution is 2.42. The van der Waals surface area contributed by atoms with Crippen molar-refractivity contribution in [2.24, 2.45) is 0 Å². The van der Waals surface area contributed by atoms with Crippen LogP contribution in [-0.2, 0) is 0 Å². The maximum absolute atomic E-state index is 12.9. The van der Waals surface area contributed by atoms with Gasteiger partial charge in [-0.15, -0.1) is 0 Å². The van der Waals surface area contributed by atoms with E-state index in [0.29, 0.717) is 6.07 Å². The Kier molecular flexibility index (Phi) is 1.60. The highest BCUT2D eigenvalue weighted by atomic mass is 19.1. The summed E-state index contributed by atoms with van der Waals surface area (Å²) >= 11 is 0. The molecule has 1 aromatic rings. The predicted octanol–water partition coefficient (Wildman–Crippen LogP) is 2.78. The standard InChI is InChI=1S/C9H6F3/c10-6-3-7(11)9(5-1-2-5)8(12)4-6/h3,5H,1-2H2. The fourth-order valence-corrected chi connectivity index (χ4v) is 1.25. The van der Waals surface area contributed by atoms with Crippen molar-refractivity contribution in [3.8, 4) is 0 Å². The molecule has 0 spiro atoms. The maximum Gasteiger partial charge on any atom is 0.140 e. The van der Waals surface area contributed by atoms with Crippen molar-refractivity contribution in [2.45, 2.75) is 18.8 Å². The molecule has 1 fully saturated rings. The van der Waals surface area contributed by atoms with Gasteiger partial charge in [-0.1, -0.05) is 0 Å². The van der Waals surface area contributed by atoms with E-state index in [1.54, 1.807) is 0 Å². The molecule has 3 heteroatoms. The second kappa shape index (κ2) is 2.51. The second-order valence-corrected chi connectivity index (χ2v) is 2.97. The molecule has 1 aliphatic carbocycles. The molecule has 0 nitrogen and oxygen atoms in total. The summed E-state index contributed by atoms with van der Waals surface area (Å²) in [5.41, 5.74) is -0.00333. The Morgan fingerprint density at radius 1 is 1.25 bits per heavy atom. The molecular weight excluding hydrogens is 165 g/mol. The van der Waals surface area contributed by atoms with E-state index in [-0.39, 0.29) is 11.5 Å². The molecule has 0 unspecified atom stereocenters. The van der Waals surface area contributed by atoms with Crippen LogP contribution in [0.5, 0.6) is 0 Å². The van der Waals surface area contributed by atoms with E-state index in [9.17, 15) is 13.2 Å². The van der Waals surface area contributed by atoms with Crippen LogP contribution in [0.15, 0.2) is 6.07 Å². The molecule has 1 aliphatic rings. The third-order valence-corrected chi connectivity index (χ3v) is 1.96. The van der Waals surface area contributed by atoms with Gasteiger partial charge < -0.3 is 0 Å². The second-order valence-electron chi connectivity index (χ2n) is 2.97. The zero-order chi connectivity index (χ0) is 8.72. The van der Waals surface area contributed by atoms with E-state index in [1.807, 2.05) is 6.07 Å². The summed E-state index contributed by atoms with van der Waals surface area (Å²) in [6, 6.07) is 2.50. The lowest BCUT2D eigenvalue weighted by molar-refractivity contribution is 0.522. The molecule has 12 heavy (non-hydrogen) atoms. The molecular formula is C9H6F3. The first-order valence-corrected chi connectivity index (χ1v) is 3.75. The number of hydrogen-bond acceptors (Lipinski definition) is 0. The number of halogens is 3. The smallest absolute Gasteiger partial charge is 0.140 e. The SMILES string of the molecule is Fc1[c]c(F)c(C2CC2)c(F)c1. The van der Waals surface area contributed by atoms with Gasteiger partial charge in [-0.25, -0.2) is 13.2 Å². The number of benzene rings is 1. The molecule has 0 atom stereocenters. The molecule has 0 aromatic heterocycles. The minimum atomic E-state index is -0.977. The Bertz CT molecular complexity index is 293. The Morgan fingerprint density at radius 2 is 1.92 bits per heavy atom. The van der Waals surface area contributed by atoms with E-state index in [1.165, 1.54) is 0 Å². The summed E-state index contributed by atoms with van der Waals surface area (Å²) in [6.45, 7) is 0. The van der Waals surface area contributed by atoms with E-state index >= 15 is 0 Å². The average Bonchev–Trinajstić information content (AvgIpc) is 2.68. The van der Waals surface area contributed by atoms with Crippen molar-refractivity contribution in [3.05, 3.63) is 35.1 Å². The van der Waals surface area contributed by atoms with Crippen molar-refractivity contribution >= 4 is 0 Å². The number of rotatable bonds is 1. The van der Waals surface area contributed by atoms with Crippen LogP contribution in [-0.4, -0.2) is 0 Å². The summed E-state index contributed by atoms with van der Waals surface area (Å²) in [7, 11) is 0. The van der Waals surface area contributed by atoms with Gasteiger partial charge in [0.05, 0.1) is 6.07 Å². The first-order chi connectivity index (χ1) is 5.68. The molecule has 1 aromatic carbocycles. The normalized spacial score (nSPS) is 16.6. The van der Waals surface area contributed by atoms with Crippen molar-refractivity contribution in [2.75, 3.05) is 0 Å². The zero-order valence-corrected chi connectivity index (χ0v) is 6.20. The Hall–Kier alpha value is -0.990. The van der Waals surface area contributed by atoms with Gasteiger partial charge in [-0.3, -0.25) is 0 Å². The Balaban J connectivity index is 2.51. The highest BCUT2D eigenvalue weighted by molar-refractivity contribution is 5.27. The van der Waals surface area contributed by atoms with Gasteiger partial charge in [-0.05, 0) is 18.8 Å². The number of hydrogen-bond donors (Lipinski definition) is 0. The molecule has 1 saturated carbocycles. The molecule has 63 valence electrons. The lowest BCUT2D eigenvalue weighted by Crippen LogP contribution is -1.95. The van der Waals surface area contributed by atoms with Crippen LogP contribution < -0.4 is 0 Å². The zero-order valence-electron chi connectivity index (χ0n) is 6.20. The van der Waals surface area contributed by atoms with Gasteiger partial charge in [0.15, 0.2) is 0 Å². The van der Waals surface area contributed by atoms with Gasteiger partial charge in [-0.2, -0.15) is 0 Å². The van der Waals surface area contributed by atoms with Gasteiger partial charge in [0.2, 0.25) is 0 Å². The first-order valence-electron chi connectivity index (χ1n) is 3.75. The molecule has 0 bridgehead atoms. The van der Waals surface area contributed by atoms with Crippen LogP contribution in [0.25, 0.3) is 0 Å². The molecule has 1 radical (unpaired) electrons. The predicted molar refractivity (Wildman–Crippen MR) is 37.1 cm³/mol. The van der Waals surface area contributed by atoms with E-state index < -0.39 is 17.5 Å². The summed E-state index contributed by atoms with van der Waals surface area (Å²) in [6.07, 6.45) is 1.57. The van der Waals surface area contributed by atoms with Crippen molar-refractivity contribution < 1.29 is 13.2 Å². The molecule has 0 N–H and O–H groups in total. The van der Waals surface area contributed by atoms with E-state index in [0.717, 1.165) is 12.8 Å². The molecule has 0 aliphatic heterocycles. The van der Waals surface area contributed by atoms with Crippen LogP contribution >= 0.6 is 0 Å². The van der Waals surface area contributed by atoms with Crippen molar-refractivity contribution in [1.82, 2.24) is 0 Å². The van der Waals surface area contributed by atoms with Crippen LogP contribution in [0.3, 0.4) is 0 Å². The maximum atomic E-state index is 12.9. The van der Waals surface area contributed by atoms with E-state index in [2.05, 4.69) is 0 Å². The quantitative estimate of drug-likeness (QED) is 0.609. The van der Waals surface area contributed by atoms with Gasteiger partial charge in [0, 0.05) is 11.6 Å². The van der Waals surface area contributed by atoms with Gasteiger partial charge >= 0.3 is 0 Å². The van der Waals surface area contributed by atoms with Crippen LogP contribution in [0.1, 0.15) is 24.3 Å². The molecule has 0 amide bonds. The largest absolute Gasteiger partial charge is 0.206 e. The summed E-state index contributed by atoms with van der Waals surface area (Å²) in [5, 5.41) is 0. The Morgan fingerprint density at radius 3 is 2.42 bits per heavy atom. The topological polar surface area (TPSA) is 0 Å². The summed E-state index contributed by atoms with van der Waals surface area (Å²) in [4.78, 5) is 0. The average molecular weight is 171 g/mol. The summed E-state index contributed by atoms with van der Waals surface area (Å²) in [5.74, 6) is -2.70. The third-order valence-electron chi connectivity index (χ3n) is 1.96. The molecule has 0 heterocycles. The van der Waals surface area contributed by atoms with Crippen LogP contribution in [0.4, 0.5) is 13.2 Å². The van der Waals surface area contributed by atoms with Crippen molar-refractivity contribution in [1.29, 1.82) is 0 Å². The minimum Gasteiger partial charge on any atom is -0.206 e. The molecule has 2 rings (SSSR count). The lowest BCUT2D eigenvalue weighted by atomic mass is 10.1. The highest BCUT2D eigenvalue weighted by Gasteiger charge is 2.30. The fraction of sp³-hybridized carbons (Fsp3) is 0.333. The fourth-order valence-electron chi connectivity index (χ4n) is 1.25. The third kappa shape index (κ3) is 1.19. The first kappa shape index (κ1) is 7.65. The molecule has 0 saturated heterocycles. The monoisotopic (exact) mass is 171 g/mol. The lowest BCUT2D eigenvalue weighted by Gasteiger charge is -2.01. The van der Waals surface area contributed by atoms with Crippen molar-refractivity contribution in [3.63, 3.8) is 0 Å². The van der Waals surface area contributed by atoms with Gasteiger partial charge in [0.1, 0.15) is 17.5 Å². The minimum absolute atomic E-state index is 0.00333. The van der Waals surface area contributed by atoms with Crippen LogP contribution in [0.2, 0.25) is 0 Å². The van der Waals surface area contributed by atoms with Crippen LogP contribution in [0, 0.1) is 23.5 Å². The van der Waals surface area contributed by atoms with Gasteiger partial charge in [0.25, 0.3) is 0 Å². The van der Waals surface area contributed by atoms with E-state index in [4.69, 9.17) is 0 Å². The summed E-state index contributed by atoms with van der Waals surface area (Å²) < 4.78 is 38.1. The Labute approximate surface area is 68.0 Å².